The van der Waals surface area contributed by atoms with Crippen molar-refractivity contribution in [2.24, 2.45) is 5.92 Å². The highest BCUT2D eigenvalue weighted by molar-refractivity contribution is 5.89. The maximum Gasteiger partial charge on any atom is 0.225 e. The van der Waals surface area contributed by atoms with Gasteiger partial charge in [-0.2, -0.15) is 0 Å². The molecule has 0 aromatic carbocycles. The van der Waals surface area contributed by atoms with Crippen molar-refractivity contribution in [2.75, 3.05) is 13.1 Å². The predicted octanol–water partition coefficient (Wildman–Crippen LogP) is 3.11. The van der Waals surface area contributed by atoms with Gasteiger partial charge in [-0.15, -0.1) is 0 Å². The van der Waals surface area contributed by atoms with Gasteiger partial charge in [0.25, 0.3) is 0 Å². The number of amides is 2. The summed E-state index contributed by atoms with van der Waals surface area (Å²) in [6.45, 7) is 7.78. The maximum atomic E-state index is 12.2. The minimum absolute atomic E-state index is 0.0605. The molecule has 4 heteroatoms. The van der Waals surface area contributed by atoms with Crippen molar-refractivity contribution in [1.29, 1.82) is 0 Å². The van der Waals surface area contributed by atoms with E-state index in [2.05, 4.69) is 26.1 Å². The van der Waals surface area contributed by atoms with Crippen LogP contribution in [-0.4, -0.2) is 35.8 Å². The summed E-state index contributed by atoms with van der Waals surface area (Å²) in [4.78, 5) is 25.9. The van der Waals surface area contributed by atoms with E-state index in [9.17, 15) is 9.59 Å². The molecule has 0 radical (unpaired) electrons. The van der Waals surface area contributed by atoms with Crippen LogP contribution in [0.3, 0.4) is 0 Å². The summed E-state index contributed by atoms with van der Waals surface area (Å²) in [5.74, 6) is 0.0528. The van der Waals surface area contributed by atoms with Crippen molar-refractivity contribution in [3.63, 3.8) is 0 Å². The van der Waals surface area contributed by atoms with E-state index in [1.54, 1.807) is 0 Å². The second kappa shape index (κ2) is 9.80. The fourth-order valence-electron chi connectivity index (χ4n) is 2.82. The molecule has 21 heavy (non-hydrogen) atoms. The normalized spacial score (nSPS) is 19.9. The molecule has 1 aliphatic rings. The Labute approximate surface area is 129 Å². The standard InChI is InChI=1S/C17H32N2O2/c1-4-6-8-9-10-14(3)18-17(21)15-12-16(20)19(13-15)11-7-5-2/h14-15H,4-13H2,1-3H3,(H,18,21)/t14-,15+/m1/s1. The van der Waals surface area contributed by atoms with Crippen molar-refractivity contribution in [1.82, 2.24) is 10.2 Å². The molecule has 1 aliphatic heterocycles. The Bertz CT molecular complexity index is 331. The van der Waals surface area contributed by atoms with E-state index in [1.165, 1.54) is 25.7 Å². The van der Waals surface area contributed by atoms with E-state index < -0.39 is 0 Å². The summed E-state index contributed by atoms with van der Waals surface area (Å²) in [6.07, 6.45) is 8.43. The number of likely N-dealkylation sites (tertiary alicyclic amines) is 1. The lowest BCUT2D eigenvalue weighted by Gasteiger charge is -2.18. The Morgan fingerprint density at radius 3 is 2.62 bits per heavy atom. The van der Waals surface area contributed by atoms with Crippen LogP contribution in [-0.2, 0) is 9.59 Å². The molecule has 1 heterocycles. The summed E-state index contributed by atoms with van der Waals surface area (Å²) in [6, 6.07) is 0.217. The summed E-state index contributed by atoms with van der Waals surface area (Å²) in [7, 11) is 0. The first-order chi connectivity index (χ1) is 10.1. The van der Waals surface area contributed by atoms with Gasteiger partial charge in [-0.1, -0.05) is 46.0 Å². The SMILES string of the molecule is CCCCCC[C@@H](C)NC(=O)[C@H]1CC(=O)N(CCCC)C1. The first-order valence-corrected chi connectivity index (χ1v) is 8.66. The molecule has 0 bridgehead atoms. The summed E-state index contributed by atoms with van der Waals surface area (Å²) < 4.78 is 0. The first-order valence-electron chi connectivity index (χ1n) is 8.66. The third-order valence-electron chi connectivity index (χ3n) is 4.25. The second-order valence-corrected chi connectivity index (χ2v) is 6.35. The van der Waals surface area contributed by atoms with E-state index in [0.717, 1.165) is 25.8 Å². The summed E-state index contributed by atoms with van der Waals surface area (Å²) in [5, 5.41) is 3.08. The summed E-state index contributed by atoms with van der Waals surface area (Å²) >= 11 is 0. The smallest absolute Gasteiger partial charge is 0.225 e. The molecule has 0 saturated carbocycles. The molecule has 2 atom stereocenters. The number of unbranched alkanes of at least 4 members (excludes halogenated alkanes) is 4. The fourth-order valence-corrected chi connectivity index (χ4v) is 2.82. The number of carbonyl (C=O) groups is 2. The van der Waals surface area contributed by atoms with E-state index >= 15 is 0 Å². The van der Waals surface area contributed by atoms with Crippen LogP contribution in [0.4, 0.5) is 0 Å². The molecule has 4 nitrogen and oxygen atoms in total. The molecular formula is C17H32N2O2. The minimum atomic E-state index is -0.146. The number of hydrogen-bond acceptors (Lipinski definition) is 2. The largest absolute Gasteiger partial charge is 0.353 e. The van der Waals surface area contributed by atoms with Gasteiger partial charge in [0, 0.05) is 25.6 Å². The molecule has 2 amide bonds. The number of carbonyl (C=O) groups excluding carboxylic acids is 2. The minimum Gasteiger partial charge on any atom is -0.353 e. The molecule has 0 aromatic heterocycles. The molecule has 1 saturated heterocycles. The topological polar surface area (TPSA) is 49.4 Å². The third kappa shape index (κ3) is 6.49. The highest BCUT2D eigenvalue weighted by Gasteiger charge is 2.34. The van der Waals surface area contributed by atoms with Crippen molar-refractivity contribution < 1.29 is 9.59 Å². The van der Waals surface area contributed by atoms with Crippen molar-refractivity contribution >= 4 is 11.8 Å². The number of nitrogens with zero attached hydrogens (tertiary/aromatic N) is 1. The lowest BCUT2D eigenvalue weighted by Crippen LogP contribution is -2.38. The molecule has 0 aliphatic carbocycles. The Balaban J connectivity index is 2.27. The van der Waals surface area contributed by atoms with Crippen LogP contribution < -0.4 is 5.32 Å². The zero-order valence-electron chi connectivity index (χ0n) is 14.0. The molecule has 122 valence electrons. The zero-order valence-corrected chi connectivity index (χ0v) is 14.0. The summed E-state index contributed by atoms with van der Waals surface area (Å²) in [5.41, 5.74) is 0. The van der Waals surface area contributed by atoms with Crippen LogP contribution in [0.2, 0.25) is 0 Å². The van der Waals surface area contributed by atoms with Gasteiger partial charge in [0.2, 0.25) is 11.8 Å². The molecule has 1 rings (SSSR count). The van der Waals surface area contributed by atoms with Gasteiger partial charge < -0.3 is 10.2 Å². The van der Waals surface area contributed by atoms with E-state index in [4.69, 9.17) is 0 Å². The molecule has 1 fully saturated rings. The Morgan fingerprint density at radius 1 is 1.24 bits per heavy atom. The van der Waals surface area contributed by atoms with Gasteiger partial charge in [0.05, 0.1) is 5.92 Å². The van der Waals surface area contributed by atoms with Crippen molar-refractivity contribution in [3.05, 3.63) is 0 Å². The second-order valence-electron chi connectivity index (χ2n) is 6.35. The number of hydrogen-bond donors (Lipinski definition) is 1. The van der Waals surface area contributed by atoms with Crippen LogP contribution in [0.15, 0.2) is 0 Å². The lowest BCUT2D eigenvalue weighted by molar-refractivity contribution is -0.129. The van der Waals surface area contributed by atoms with Crippen LogP contribution in [0.1, 0.15) is 72.1 Å². The quantitative estimate of drug-likeness (QED) is 0.630. The Morgan fingerprint density at radius 2 is 1.95 bits per heavy atom. The molecule has 0 aromatic rings. The van der Waals surface area contributed by atoms with Crippen LogP contribution in [0, 0.1) is 5.92 Å². The average molecular weight is 296 g/mol. The van der Waals surface area contributed by atoms with Gasteiger partial charge in [0.1, 0.15) is 0 Å². The van der Waals surface area contributed by atoms with Gasteiger partial charge in [-0.05, 0) is 19.8 Å². The van der Waals surface area contributed by atoms with Crippen LogP contribution >= 0.6 is 0 Å². The first kappa shape index (κ1) is 18.0. The molecule has 0 spiro atoms. The molecular weight excluding hydrogens is 264 g/mol. The van der Waals surface area contributed by atoms with E-state index in [1.807, 2.05) is 4.90 Å². The monoisotopic (exact) mass is 296 g/mol. The average Bonchev–Trinajstić information content (AvgIpc) is 2.83. The maximum absolute atomic E-state index is 12.2. The molecule has 0 unspecified atom stereocenters. The zero-order chi connectivity index (χ0) is 15.7. The Kier molecular flexibility index (Phi) is 8.40. The van der Waals surface area contributed by atoms with Crippen molar-refractivity contribution in [3.8, 4) is 0 Å². The molecule has 1 N–H and O–H groups in total. The third-order valence-corrected chi connectivity index (χ3v) is 4.25. The van der Waals surface area contributed by atoms with Gasteiger partial charge in [0.15, 0.2) is 0 Å². The highest BCUT2D eigenvalue weighted by atomic mass is 16.2. The number of rotatable bonds is 10. The van der Waals surface area contributed by atoms with Crippen LogP contribution in [0.5, 0.6) is 0 Å². The van der Waals surface area contributed by atoms with Gasteiger partial charge >= 0.3 is 0 Å². The lowest BCUT2D eigenvalue weighted by atomic mass is 10.1. The van der Waals surface area contributed by atoms with E-state index in [-0.39, 0.29) is 23.8 Å². The Hall–Kier alpha value is -1.06. The van der Waals surface area contributed by atoms with E-state index in [0.29, 0.717) is 13.0 Å². The fraction of sp³-hybridized carbons (Fsp3) is 0.882. The highest BCUT2D eigenvalue weighted by Crippen LogP contribution is 2.19. The van der Waals surface area contributed by atoms with Crippen LogP contribution in [0.25, 0.3) is 0 Å². The number of nitrogens with one attached hydrogen (secondary N) is 1. The predicted molar refractivity (Wildman–Crippen MR) is 86.0 cm³/mol. The van der Waals surface area contributed by atoms with Gasteiger partial charge in [-0.25, -0.2) is 0 Å². The van der Waals surface area contributed by atoms with Gasteiger partial charge in [-0.3, -0.25) is 9.59 Å². The van der Waals surface area contributed by atoms with Crippen molar-refractivity contribution in [2.45, 2.75) is 78.2 Å².